The number of amides is 1. The summed E-state index contributed by atoms with van der Waals surface area (Å²) in [6.45, 7) is 2.49. The Bertz CT molecular complexity index is 1170. The molecule has 0 unspecified atom stereocenters. The summed E-state index contributed by atoms with van der Waals surface area (Å²) in [5.74, 6) is 6.66. The summed E-state index contributed by atoms with van der Waals surface area (Å²) in [6.07, 6.45) is 5.31. The van der Waals surface area contributed by atoms with E-state index in [0.717, 1.165) is 37.1 Å². The SMILES string of the molecule is O=C(c1cccnc1)N1CCCCN2[C@H](CO)[C@H](c3ccc(C#Cc4ccccc4)cc3)[C@H]2C1. The molecule has 1 aromatic heterocycles. The minimum absolute atomic E-state index is 0.0349. The van der Waals surface area contributed by atoms with Gasteiger partial charge in [-0.05, 0) is 61.3 Å². The molecule has 2 aromatic carbocycles. The Hall–Kier alpha value is -3.46. The van der Waals surface area contributed by atoms with Crippen molar-refractivity contribution in [2.45, 2.75) is 30.8 Å². The fraction of sp³-hybridized carbons (Fsp3) is 0.310. The Morgan fingerprint density at radius 2 is 1.68 bits per heavy atom. The van der Waals surface area contributed by atoms with Crippen LogP contribution < -0.4 is 0 Å². The highest BCUT2D eigenvalue weighted by molar-refractivity contribution is 5.93. The van der Waals surface area contributed by atoms with Gasteiger partial charge in [0.2, 0.25) is 0 Å². The highest BCUT2D eigenvalue weighted by atomic mass is 16.3. The van der Waals surface area contributed by atoms with Gasteiger partial charge in [-0.3, -0.25) is 14.7 Å². The molecule has 0 bridgehead atoms. The third kappa shape index (κ3) is 4.61. The van der Waals surface area contributed by atoms with Gasteiger partial charge >= 0.3 is 0 Å². The fourth-order valence-electron chi connectivity index (χ4n) is 5.25. The molecule has 5 nitrogen and oxygen atoms in total. The van der Waals surface area contributed by atoms with Crippen LogP contribution in [0.1, 0.15) is 45.8 Å². The molecule has 2 aliphatic heterocycles. The molecule has 172 valence electrons. The van der Waals surface area contributed by atoms with Crippen LogP contribution in [0.15, 0.2) is 79.1 Å². The topological polar surface area (TPSA) is 56.7 Å². The number of aromatic nitrogens is 1. The lowest BCUT2D eigenvalue weighted by Gasteiger charge is -2.57. The number of rotatable bonds is 3. The van der Waals surface area contributed by atoms with Crippen LogP contribution in [0, 0.1) is 11.8 Å². The third-order valence-electron chi connectivity index (χ3n) is 6.99. The molecular weight excluding hydrogens is 422 g/mol. The lowest BCUT2D eigenvalue weighted by Crippen LogP contribution is -2.67. The summed E-state index contributed by atoms with van der Waals surface area (Å²) in [7, 11) is 0. The van der Waals surface area contributed by atoms with Crippen molar-refractivity contribution in [2.24, 2.45) is 0 Å². The molecule has 2 fully saturated rings. The van der Waals surface area contributed by atoms with E-state index in [1.54, 1.807) is 18.5 Å². The third-order valence-corrected chi connectivity index (χ3v) is 6.99. The fourth-order valence-corrected chi connectivity index (χ4v) is 5.25. The van der Waals surface area contributed by atoms with E-state index in [0.29, 0.717) is 12.1 Å². The summed E-state index contributed by atoms with van der Waals surface area (Å²) >= 11 is 0. The Labute approximate surface area is 201 Å². The quantitative estimate of drug-likeness (QED) is 0.619. The first-order valence-electron chi connectivity index (χ1n) is 12.0. The number of aliphatic hydroxyl groups is 1. The molecular formula is C29H29N3O2. The maximum absolute atomic E-state index is 13.2. The molecule has 0 aliphatic carbocycles. The molecule has 3 atom stereocenters. The molecule has 0 spiro atoms. The number of nitrogens with zero attached hydrogens (tertiary/aromatic N) is 3. The van der Waals surface area contributed by atoms with Crippen molar-refractivity contribution >= 4 is 5.91 Å². The minimum Gasteiger partial charge on any atom is -0.395 e. The van der Waals surface area contributed by atoms with Gasteiger partial charge in [0, 0.05) is 54.6 Å². The first kappa shape index (κ1) is 22.3. The smallest absolute Gasteiger partial charge is 0.255 e. The van der Waals surface area contributed by atoms with Crippen LogP contribution in [0.25, 0.3) is 0 Å². The molecule has 5 rings (SSSR count). The van der Waals surface area contributed by atoms with Gasteiger partial charge in [0.05, 0.1) is 12.2 Å². The Balaban J connectivity index is 1.35. The van der Waals surface area contributed by atoms with Gasteiger partial charge in [-0.2, -0.15) is 0 Å². The van der Waals surface area contributed by atoms with Crippen molar-refractivity contribution < 1.29 is 9.90 Å². The largest absolute Gasteiger partial charge is 0.395 e. The van der Waals surface area contributed by atoms with Crippen LogP contribution in [0.2, 0.25) is 0 Å². The maximum atomic E-state index is 13.2. The predicted molar refractivity (Wildman–Crippen MR) is 132 cm³/mol. The number of aliphatic hydroxyl groups excluding tert-OH is 1. The van der Waals surface area contributed by atoms with Crippen molar-refractivity contribution in [2.75, 3.05) is 26.2 Å². The summed E-state index contributed by atoms with van der Waals surface area (Å²) in [5.41, 5.74) is 3.79. The molecule has 2 saturated heterocycles. The van der Waals surface area contributed by atoms with Crippen molar-refractivity contribution in [3.05, 3.63) is 101 Å². The normalized spacial score (nSPS) is 22.4. The molecule has 3 heterocycles. The molecule has 34 heavy (non-hydrogen) atoms. The lowest BCUT2D eigenvalue weighted by molar-refractivity contribution is -0.0606. The average Bonchev–Trinajstić information content (AvgIpc) is 2.88. The lowest BCUT2D eigenvalue weighted by atomic mass is 9.74. The van der Waals surface area contributed by atoms with E-state index >= 15 is 0 Å². The molecule has 5 heteroatoms. The first-order chi connectivity index (χ1) is 16.7. The van der Waals surface area contributed by atoms with Crippen molar-refractivity contribution in [1.82, 2.24) is 14.8 Å². The Kier molecular flexibility index (Phi) is 6.71. The van der Waals surface area contributed by atoms with Gasteiger partial charge in [0.1, 0.15) is 0 Å². The highest BCUT2D eigenvalue weighted by Gasteiger charge is 2.49. The average molecular weight is 452 g/mol. The maximum Gasteiger partial charge on any atom is 0.255 e. The van der Waals surface area contributed by atoms with E-state index in [2.05, 4.69) is 46.0 Å². The van der Waals surface area contributed by atoms with E-state index in [1.807, 2.05) is 41.3 Å². The van der Waals surface area contributed by atoms with Gasteiger partial charge < -0.3 is 10.0 Å². The van der Waals surface area contributed by atoms with E-state index in [1.165, 1.54) is 5.56 Å². The highest BCUT2D eigenvalue weighted by Crippen LogP contribution is 2.42. The molecule has 1 N–H and O–H groups in total. The monoisotopic (exact) mass is 451 g/mol. The van der Waals surface area contributed by atoms with E-state index < -0.39 is 0 Å². The van der Waals surface area contributed by atoms with E-state index in [9.17, 15) is 9.90 Å². The second-order valence-electron chi connectivity index (χ2n) is 9.02. The van der Waals surface area contributed by atoms with Crippen LogP contribution in [0.4, 0.5) is 0 Å². The number of hydrogen-bond acceptors (Lipinski definition) is 4. The van der Waals surface area contributed by atoms with Gasteiger partial charge in [0.25, 0.3) is 5.91 Å². The van der Waals surface area contributed by atoms with Crippen LogP contribution >= 0.6 is 0 Å². The zero-order valence-electron chi connectivity index (χ0n) is 19.2. The van der Waals surface area contributed by atoms with Gasteiger partial charge in [-0.15, -0.1) is 0 Å². The van der Waals surface area contributed by atoms with Crippen molar-refractivity contribution in [3.8, 4) is 11.8 Å². The standard InChI is InChI=1S/C29H29N3O2/c33-21-27-28(24-14-12-23(13-15-24)11-10-22-7-2-1-3-8-22)26-20-31(17-4-5-18-32(26)27)29(34)25-9-6-16-30-19-25/h1-3,6-9,12-16,19,26-28,33H,4-5,17-18,20-21H2/t26-,27-,28-/m1/s1. The Morgan fingerprint density at radius 3 is 2.38 bits per heavy atom. The van der Waals surface area contributed by atoms with Crippen molar-refractivity contribution in [3.63, 3.8) is 0 Å². The van der Waals surface area contributed by atoms with Crippen LogP contribution in [-0.2, 0) is 0 Å². The summed E-state index contributed by atoms with van der Waals surface area (Å²) in [4.78, 5) is 21.6. The van der Waals surface area contributed by atoms with Gasteiger partial charge in [-0.1, -0.05) is 42.2 Å². The zero-order chi connectivity index (χ0) is 23.3. The second-order valence-corrected chi connectivity index (χ2v) is 9.02. The number of benzene rings is 2. The predicted octanol–water partition coefficient (Wildman–Crippen LogP) is 3.55. The number of hydrogen-bond donors (Lipinski definition) is 1. The van der Waals surface area contributed by atoms with Crippen molar-refractivity contribution in [1.29, 1.82) is 0 Å². The number of fused-ring (bicyclic) bond motifs is 1. The minimum atomic E-state index is 0.0349. The molecule has 0 saturated carbocycles. The number of carbonyl (C=O) groups excluding carboxylic acids is 1. The molecule has 1 amide bonds. The number of carbonyl (C=O) groups is 1. The second kappa shape index (κ2) is 10.2. The van der Waals surface area contributed by atoms with Gasteiger partial charge in [-0.25, -0.2) is 0 Å². The summed E-state index contributed by atoms with van der Waals surface area (Å²) < 4.78 is 0. The Morgan fingerprint density at radius 1 is 0.941 bits per heavy atom. The first-order valence-corrected chi connectivity index (χ1v) is 12.0. The number of pyridine rings is 1. The zero-order valence-corrected chi connectivity index (χ0v) is 19.2. The summed E-state index contributed by atoms with van der Waals surface area (Å²) in [5, 5.41) is 10.2. The van der Waals surface area contributed by atoms with Gasteiger partial charge in [0.15, 0.2) is 0 Å². The van der Waals surface area contributed by atoms with E-state index in [-0.39, 0.29) is 30.5 Å². The van der Waals surface area contributed by atoms with Crippen LogP contribution in [0.3, 0.4) is 0 Å². The molecule has 3 aromatic rings. The molecule has 0 radical (unpaired) electrons. The van der Waals surface area contributed by atoms with E-state index in [4.69, 9.17) is 0 Å². The van der Waals surface area contributed by atoms with Crippen LogP contribution in [0.5, 0.6) is 0 Å². The van der Waals surface area contributed by atoms with Crippen LogP contribution in [-0.4, -0.2) is 64.1 Å². The molecule has 2 aliphatic rings. The summed E-state index contributed by atoms with van der Waals surface area (Å²) in [6, 6.07) is 22.3.